The summed E-state index contributed by atoms with van der Waals surface area (Å²) in [6.45, 7) is -0.432. The lowest BCUT2D eigenvalue weighted by molar-refractivity contribution is -0.119. The molecule has 1 heterocycles. The SMILES string of the molecule is Nc1cc(Cl)ccc1C(=O)OCC(=O)Nc1ncc(Br)s1. The number of carbonyl (C=O) groups is 2. The lowest BCUT2D eigenvalue weighted by atomic mass is 10.2. The number of esters is 1. The van der Waals surface area contributed by atoms with Crippen molar-refractivity contribution in [2.75, 3.05) is 17.7 Å². The van der Waals surface area contributed by atoms with E-state index in [2.05, 4.69) is 26.2 Å². The number of thiazole rings is 1. The zero-order valence-corrected chi connectivity index (χ0v) is 13.6. The molecule has 0 spiro atoms. The number of halogens is 2. The Labute approximate surface area is 137 Å². The van der Waals surface area contributed by atoms with E-state index in [1.54, 1.807) is 6.20 Å². The first-order valence-corrected chi connectivity index (χ1v) is 7.58. The van der Waals surface area contributed by atoms with Crippen molar-refractivity contribution in [2.24, 2.45) is 0 Å². The third-order valence-corrected chi connectivity index (χ3v) is 3.92. The second-order valence-corrected chi connectivity index (χ2v) is 6.67. The Morgan fingerprint density at radius 1 is 1.48 bits per heavy atom. The van der Waals surface area contributed by atoms with Crippen LogP contribution in [0, 0.1) is 0 Å². The Kier molecular flexibility index (Phi) is 5.16. The maximum atomic E-state index is 11.8. The van der Waals surface area contributed by atoms with Gasteiger partial charge in [0.25, 0.3) is 5.91 Å². The van der Waals surface area contributed by atoms with E-state index in [0.29, 0.717) is 10.2 Å². The molecular formula is C12H9BrClN3O3S. The van der Waals surface area contributed by atoms with Gasteiger partial charge in [-0.15, -0.1) is 0 Å². The van der Waals surface area contributed by atoms with Crippen LogP contribution in [0.4, 0.5) is 10.8 Å². The topological polar surface area (TPSA) is 94.3 Å². The van der Waals surface area contributed by atoms with Crippen LogP contribution in [-0.2, 0) is 9.53 Å². The van der Waals surface area contributed by atoms with Gasteiger partial charge in [0.1, 0.15) is 0 Å². The van der Waals surface area contributed by atoms with Crippen molar-refractivity contribution in [3.8, 4) is 0 Å². The van der Waals surface area contributed by atoms with Crippen LogP contribution < -0.4 is 11.1 Å². The van der Waals surface area contributed by atoms with Gasteiger partial charge in [-0.3, -0.25) is 10.1 Å². The van der Waals surface area contributed by atoms with Crippen molar-refractivity contribution in [1.82, 2.24) is 4.98 Å². The summed E-state index contributed by atoms with van der Waals surface area (Å²) in [5.41, 5.74) is 6.00. The molecule has 0 saturated carbocycles. The molecular weight excluding hydrogens is 382 g/mol. The van der Waals surface area contributed by atoms with Gasteiger partial charge in [-0.25, -0.2) is 9.78 Å². The number of hydrogen-bond acceptors (Lipinski definition) is 6. The number of carbonyl (C=O) groups excluding carboxylic acids is 2. The van der Waals surface area contributed by atoms with Gasteiger partial charge in [0.15, 0.2) is 11.7 Å². The Hall–Kier alpha value is -1.64. The molecule has 0 aliphatic carbocycles. The summed E-state index contributed by atoms with van der Waals surface area (Å²) in [7, 11) is 0. The third kappa shape index (κ3) is 4.42. The van der Waals surface area contributed by atoms with Gasteiger partial charge in [-0.2, -0.15) is 0 Å². The fraction of sp³-hybridized carbons (Fsp3) is 0.0833. The number of nitrogens with zero attached hydrogens (tertiary/aromatic N) is 1. The molecule has 0 radical (unpaired) electrons. The Morgan fingerprint density at radius 3 is 2.86 bits per heavy atom. The van der Waals surface area contributed by atoms with Crippen LogP contribution in [0.5, 0.6) is 0 Å². The van der Waals surface area contributed by atoms with E-state index in [9.17, 15) is 9.59 Å². The minimum atomic E-state index is -0.695. The number of nitrogen functional groups attached to an aromatic ring is 1. The molecule has 1 amide bonds. The molecule has 1 aromatic carbocycles. The quantitative estimate of drug-likeness (QED) is 0.618. The summed E-state index contributed by atoms with van der Waals surface area (Å²) >= 11 is 10.2. The minimum absolute atomic E-state index is 0.157. The Morgan fingerprint density at radius 2 is 2.24 bits per heavy atom. The minimum Gasteiger partial charge on any atom is -0.452 e. The molecule has 21 heavy (non-hydrogen) atoms. The number of nitrogens with one attached hydrogen (secondary N) is 1. The highest BCUT2D eigenvalue weighted by molar-refractivity contribution is 9.11. The monoisotopic (exact) mass is 389 g/mol. The van der Waals surface area contributed by atoms with Crippen molar-refractivity contribution >= 4 is 61.6 Å². The molecule has 0 bridgehead atoms. The molecule has 9 heteroatoms. The fourth-order valence-corrected chi connectivity index (χ4v) is 2.70. The number of amides is 1. The summed E-state index contributed by atoms with van der Waals surface area (Å²) in [5, 5.41) is 3.33. The van der Waals surface area contributed by atoms with Gasteiger partial charge in [-0.1, -0.05) is 22.9 Å². The standard InChI is InChI=1S/C12H9BrClN3O3S/c13-9-4-16-12(21-9)17-10(18)5-20-11(19)7-2-1-6(14)3-8(7)15/h1-4H,5,15H2,(H,16,17,18). The highest BCUT2D eigenvalue weighted by Crippen LogP contribution is 2.23. The third-order valence-electron chi connectivity index (χ3n) is 2.29. The number of hydrogen-bond donors (Lipinski definition) is 2. The van der Waals surface area contributed by atoms with Gasteiger partial charge < -0.3 is 10.5 Å². The first kappa shape index (κ1) is 15.7. The second kappa shape index (κ2) is 6.88. The zero-order chi connectivity index (χ0) is 15.4. The number of benzene rings is 1. The van der Waals surface area contributed by atoms with E-state index in [1.165, 1.54) is 29.5 Å². The average molecular weight is 391 g/mol. The molecule has 3 N–H and O–H groups in total. The number of nitrogens with two attached hydrogens (primary N) is 1. The predicted molar refractivity (Wildman–Crippen MR) is 84.6 cm³/mol. The van der Waals surface area contributed by atoms with Crippen LogP contribution in [0.15, 0.2) is 28.2 Å². The molecule has 0 aliphatic heterocycles. The van der Waals surface area contributed by atoms with Crippen molar-refractivity contribution < 1.29 is 14.3 Å². The van der Waals surface area contributed by atoms with E-state index in [-0.39, 0.29) is 11.3 Å². The molecule has 1 aromatic heterocycles. The maximum absolute atomic E-state index is 11.8. The molecule has 0 atom stereocenters. The lowest BCUT2D eigenvalue weighted by Gasteiger charge is -2.07. The van der Waals surface area contributed by atoms with Gasteiger partial charge >= 0.3 is 5.97 Å². The normalized spacial score (nSPS) is 10.2. The fourth-order valence-electron chi connectivity index (χ4n) is 1.40. The molecule has 0 unspecified atom stereocenters. The molecule has 2 rings (SSSR count). The zero-order valence-electron chi connectivity index (χ0n) is 10.4. The Bertz CT molecular complexity index is 692. The molecule has 0 fully saturated rings. The van der Waals surface area contributed by atoms with Gasteiger partial charge in [0.05, 0.1) is 15.5 Å². The van der Waals surface area contributed by atoms with Crippen LogP contribution in [0.25, 0.3) is 0 Å². The van der Waals surface area contributed by atoms with Crippen molar-refractivity contribution in [2.45, 2.75) is 0 Å². The average Bonchev–Trinajstić information content (AvgIpc) is 2.81. The van der Waals surface area contributed by atoms with Gasteiger partial charge in [0.2, 0.25) is 0 Å². The summed E-state index contributed by atoms with van der Waals surface area (Å²) in [4.78, 5) is 27.3. The summed E-state index contributed by atoms with van der Waals surface area (Å²) < 4.78 is 5.66. The molecule has 0 aliphatic rings. The maximum Gasteiger partial charge on any atom is 0.340 e. The lowest BCUT2D eigenvalue weighted by Crippen LogP contribution is -2.21. The van der Waals surface area contributed by atoms with E-state index in [0.717, 1.165) is 3.79 Å². The summed E-state index contributed by atoms with van der Waals surface area (Å²) in [5.74, 6) is -1.18. The van der Waals surface area contributed by atoms with Crippen molar-refractivity contribution in [3.05, 3.63) is 38.8 Å². The molecule has 0 saturated heterocycles. The van der Waals surface area contributed by atoms with E-state index < -0.39 is 18.5 Å². The largest absolute Gasteiger partial charge is 0.452 e. The predicted octanol–water partition coefficient (Wildman–Crippen LogP) is 2.94. The highest BCUT2D eigenvalue weighted by atomic mass is 79.9. The number of anilines is 2. The molecule has 2 aromatic rings. The summed E-state index contributed by atoms with van der Waals surface area (Å²) in [6, 6.07) is 4.39. The van der Waals surface area contributed by atoms with E-state index in [4.69, 9.17) is 22.1 Å². The van der Waals surface area contributed by atoms with E-state index >= 15 is 0 Å². The van der Waals surface area contributed by atoms with Crippen LogP contribution in [0.1, 0.15) is 10.4 Å². The van der Waals surface area contributed by atoms with Crippen molar-refractivity contribution in [3.63, 3.8) is 0 Å². The second-order valence-electron chi connectivity index (χ2n) is 3.83. The van der Waals surface area contributed by atoms with Gasteiger partial charge in [0, 0.05) is 10.7 Å². The summed E-state index contributed by atoms with van der Waals surface area (Å²) in [6.07, 6.45) is 1.56. The van der Waals surface area contributed by atoms with Crippen molar-refractivity contribution in [1.29, 1.82) is 0 Å². The molecule has 110 valence electrons. The number of ether oxygens (including phenoxy) is 1. The number of rotatable bonds is 4. The van der Waals surface area contributed by atoms with Crippen LogP contribution in [0.3, 0.4) is 0 Å². The van der Waals surface area contributed by atoms with Crippen LogP contribution in [0.2, 0.25) is 5.02 Å². The Balaban J connectivity index is 1.90. The first-order chi connectivity index (χ1) is 9.95. The highest BCUT2D eigenvalue weighted by Gasteiger charge is 2.14. The van der Waals surface area contributed by atoms with Gasteiger partial charge in [-0.05, 0) is 34.1 Å². The molecule has 6 nitrogen and oxygen atoms in total. The smallest absolute Gasteiger partial charge is 0.340 e. The number of aromatic nitrogens is 1. The van der Waals surface area contributed by atoms with Crippen LogP contribution >= 0.6 is 38.9 Å². The first-order valence-electron chi connectivity index (χ1n) is 5.59. The van der Waals surface area contributed by atoms with E-state index in [1.807, 2.05) is 0 Å². The van der Waals surface area contributed by atoms with Crippen LogP contribution in [-0.4, -0.2) is 23.5 Å².